The van der Waals surface area contributed by atoms with E-state index in [2.05, 4.69) is 5.32 Å². The third kappa shape index (κ3) is 5.39. The zero-order valence-electron chi connectivity index (χ0n) is 13.3. The molecule has 5 nitrogen and oxygen atoms in total. The van der Waals surface area contributed by atoms with Crippen molar-refractivity contribution in [1.29, 1.82) is 0 Å². The van der Waals surface area contributed by atoms with Crippen LogP contribution in [0.3, 0.4) is 0 Å². The van der Waals surface area contributed by atoms with Gasteiger partial charge in [0.1, 0.15) is 24.7 Å². The topological polar surface area (TPSA) is 64.6 Å². The van der Waals surface area contributed by atoms with Crippen LogP contribution >= 0.6 is 0 Å². The van der Waals surface area contributed by atoms with Gasteiger partial charge in [-0.05, 0) is 48.9 Å². The summed E-state index contributed by atoms with van der Waals surface area (Å²) in [6, 6.07) is 12.4. The minimum Gasteiger partial charge on any atom is -0.494 e. The molecule has 0 bridgehead atoms. The van der Waals surface area contributed by atoms with Gasteiger partial charge in [-0.15, -0.1) is 0 Å². The molecule has 2 rings (SSSR count). The van der Waals surface area contributed by atoms with Crippen molar-refractivity contribution in [3.8, 4) is 5.75 Å². The van der Waals surface area contributed by atoms with E-state index in [4.69, 9.17) is 9.47 Å². The van der Waals surface area contributed by atoms with Crippen LogP contribution in [0.4, 0.5) is 4.39 Å². The van der Waals surface area contributed by atoms with Crippen LogP contribution in [0.25, 0.3) is 0 Å². The molecule has 0 fully saturated rings. The molecule has 0 atom stereocenters. The number of carbonyl (C=O) groups excluding carboxylic acids is 2. The van der Waals surface area contributed by atoms with E-state index >= 15 is 0 Å². The van der Waals surface area contributed by atoms with Gasteiger partial charge in [0.05, 0.1) is 6.61 Å². The maximum absolute atomic E-state index is 13.0. The molecule has 0 radical (unpaired) electrons. The SMILES string of the molecule is CCOc1ccc(C(=O)NCC(=O)OCc2cccc(F)c2)cc1. The van der Waals surface area contributed by atoms with Crippen LogP contribution in [-0.4, -0.2) is 25.0 Å². The van der Waals surface area contributed by atoms with Crippen LogP contribution < -0.4 is 10.1 Å². The second-order valence-corrected chi connectivity index (χ2v) is 4.93. The van der Waals surface area contributed by atoms with E-state index in [9.17, 15) is 14.0 Å². The number of carbonyl (C=O) groups is 2. The van der Waals surface area contributed by atoms with Gasteiger partial charge in [0, 0.05) is 5.56 Å². The van der Waals surface area contributed by atoms with Crippen LogP contribution in [0.15, 0.2) is 48.5 Å². The summed E-state index contributed by atoms with van der Waals surface area (Å²) in [5, 5.41) is 2.47. The summed E-state index contributed by atoms with van der Waals surface area (Å²) in [5.74, 6) is -0.713. The Labute approximate surface area is 139 Å². The first kappa shape index (κ1) is 17.5. The standard InChI is InChI=1S/C18H18FNO4/c1-2-23-16-8-6-14(7-9-16)18(22)20-11-17(21)24-12-13-4-3-5-15(19)10-13/h3-10H,2,11-12H2,1H3,(H,20,22). The molecular weight excluding hydrogens is 313 g/mol. The highest BCUT2D eigenvalue weighted by atomic mass is 19.1. The molecule has 6 heteroatoms. The zero-order chi connectivity index (χ0) is 17.4. The number of esters is 1. The number of nitrogens with one attached hydrogen (secondary N) is 1. The third-order valence-corrected chi connectivity index (χ3v) is 3.11. The van der Waals surface area contributed by atoms with Crippen LogP contribution in [0, 0.1) is 5.82 Å². The molecular formula is C18H18FNO4. The van der Waals surface area contributed by atoms with Crippen molar-refractivity contribution in [2.45, 2.75) is 13.5 Å². The first-order valence-corrected chi connectivity index (χ1v) is 7.49. The Bertz CT molecular complexity index is 700. The van der Waals surface area contributed by atoms with E-state index in [0.717, 1.165) is 0 Å². The predicted octanol–water partition coefficient (Wildman–Crippen LogP) is 2.70. The highest BCUT2D eigenvalue weighted by molar-refractivity contribution is 5.96. The van der Waals surface area contributed by atoms with Gasteiger partial charge in [-0.25, -0.2) is 4.39 Å². The Morgan fingerprint density at radius 2 is 1.88 bits per heavy atom. The van der Waals surface area contributed by atoms with Gasteiger partial charge in [-0.3, -0.25) is 9.59 Å². The molecule has 0 aromatic heterocycles. The molecule has 0 spiro atoms. The van der Waals surface area contributed by atoms with Crippen LogP contribution in [0.5, 0.6) is 5.75 Å². The Morgan fingerprint density at radius 1 is 1.12 bits per heavy atom. The van der Waals surface area contributed by atoms with Gasteiger partial charge in [-0.1, -0.05) is 12.1 Å². The zero-order valence-corrected chi connectivity index (χ0v) is 13.3. The molecule has 0 aliphatic heterocycles. The van der Waals surface area contributed by atoms with Crippen molar-refractivity contribution in [3.63, 3.8) is 0 Å². The van der Waals surface area contributed by atoms with E-state index in [0.29, 0.717) is 23.5 Å². The van der Waals surface area contributed by atoms with Crippen molar-refractivity contribution < 1.29 is 23.5 Å². The quantitative estimate of drug-likeness (QED) is 0.792. The van der Waals surface area contributed by atoms with E-state index in [1.807, 2.05) is 6.92 Å². The molecule has 0 aliphatic rings. The second kappa shape index (κ2) is 8.67. The van der Waals surface area contributed by atoms with Gasteiger partial charge in [0.25, 0.3) is 5.91 Å². The smallest absolute Gasteiger partial charge is 0.325 e. The van der Waals surface area contributed by atoms with Crippen molar-refractivity contribution >= 4 is 11.9 Å². The summed E-state index contributed by atoms with van der Waals surface area (Å²) in [6.07, 6.45) is 0. The van der Waals surface area contributed by atoms with Gasteiger partial charge in [0.2, 0.25) is 0 Å². The molecule has 0 heterocycles. The molecule has 2 aromatic carbocycles. The molecule has 2 aromatic rings. The number of amides is 1. The second-order valence-electron chi connectivity index (χ2n) is 4.93. The van der Waals surface area contributed by atoms with Crippen molar-refractivity contribution in [3.05, 3.63) is 65.5 Å². The van der Waals surface area contributed by atoms with Crippen LogP contribution in [-0.2, 0) is 16.1 Å². The third-order valence-electron chi connectivity index (χ3n) is 3.11. The summed E-state index contributed by atoms with van der Waals surface area (Å²) in [6.45, 7) is 2.11. The number of benzene rings is 2. The lowest BCUT2D eigenvalue weighted by Gasteiger charge is -2.08. The minimum atomic E-state index is -0.599. The van der Waals surface area contributed by atoms with Gasteiger partial charge < -0.3 is 14.8 Å². The first-order chi connectivity index (χ1) is 11.6. The Morgan fingerprint density at radius 3 is 2.54 bits per heavy atom. The maximum Gasteiger partial charge on any atom is 0.325 e. The number of halogens is 1. The highest BCUT2D eigenvalue weighted by Crippen LogP contribution is 2.12. The molecule has 24 heavy (non-hydrogen) atoms. The molecule has 0 saturated carbocycles. The van der Waals surface area contributed by atoms with Crippen molar-refractivity contribution in [2.24, 2.45) is 0 Å². The van der Waals surface area contributed by atoms with E-state index in [1.54, 1.807) is 30.3 Å². The van der Waals surface area contributed by atoms with Crippen LogP contribution in [0.1, 0.15) is 22.8 Å². The lowest BCUT2D eigenvalue weighted by molar-refractivity contribution is -0.143. The van der Waals surface area contributed by atoms with Crippen molar-refractivity contribution in [1.82, 2.24) is 5.32 Å². The fourth-order valence-electron chi connectivity index (χ4n) is 1.97. The fourth-order valence-corrected chi connectivity index (χ4v) is 1.97. The maximum atomic E-state index is 13.0. The summed E-state index contributed by atoms with van der Waals surface area (Å²) in [4.78, 5) is 23.6. The Balaban J connectivity index is 1.77. The molecule has 1 amide bonds. The normalized spacial score (nSPS) is 10.1. The number of rotatable bonds is 7. The first-order valence-electron chi connectivity index (χ1n) is 7.49. The molecule has 1 N–H and O–H groups in total. The monoisotopic (exact) mass is 331 g/mol. The molecule has 0 saturated heterocycles. The molecule has 0 unspecified atom stereocenters. The summed E-state index contributed by atoms with van der Waals surface area (Å²) < 4.78 is 23.3. The van der Waals surface area contributed by atoms with E-state index in [1.165, 1.54) is 18.2 Å². The number of hydrogen-bond donors (Lipinski definition) is 1. The minimum absolute atomic E-state index is 0.0461. The summed E-state index contributed by atoms with van der Waals surface area (Å²) >= 11 is 0. The average Bonchev–Trinajstić information content (AvgIpc) is 2.59. The Hall–Kier alpha value is -2.89. The molecule has 0 aliphatic carbocycles. The van der Waals surface area contributed by atoms with Gasteiger partial charge in [-0.2, -0.15) is 0 Å². The van der Waals surface area contributed by atoms with E-state index < -0.39 is 11.8 Å². The largest absolute Gasteiger partial charge is 0.494 e. The summed E-state index contributed by atoms with van der Waals surface area (Å²) in [7, 11) is 0. The predicted molar refractivity (Wildman–Crippen MR) is 86.1 cm³/mol. The van der Waals surface area contributed by atoms with Gasteiger partial charge in [0.15, 0.2) is 0 Å². The number of hydrogen-bond acceptors (Lipinski definition) is 4. The lowest BCUT2D eigenvalue weighted by Crippen LogP contribution is -2.30. The fraction of sp³-hybridized carbons (Fsp3) is 0.222. The van der Waals surface area contributed by atoms with Gasteiger partial charge >= 0.3 is 5.97 Å². The van der Waals surface area contributed by atoms with Crippen LogP contribution in [0.2, 0.25) is 0 Å². The van der Waals surface area contributed by atoms with E-state index in [-0.39, 0.29) is 19.1 Å². The van der Waals surface area contributed by atoms with Crippen molar-refractivity contribution in [2.75, 3.05) is 13.2 Å². The number of ether oxygens (including phenoxy) is 2. The Kier molecular flexibility index (Phi) is 6.31. The highest BCUT2D eigenvalue weighted by Gasteiger charge is 2.09. The molecule has 126 valence electrons. The lowest BCUT2D eigenvalue weighted by atomic mass is 10.2. The average molecular weight is 331 g/mol. The summed E-state index contributed by atoms with van der Waals surface area (Å²) in [5.41, 5.74) is 0.956.